The normalized spacial score (nSPS) is 14.8. The van der Waals surface area contributed by atoms with Crippen molar-refractivity contribution in [2.45, 2.75) is 39.2 Å². The summed E-state index contributed by atoms with van der Waals surface area (Å²) in [5, 5.41) is 11.0. The van der Waals surface area contributed by atoms with Crippen LogP contribution in [0, 0.1) is 6.92 Å². The summed E-state index contributed by atoms with van der Waals surface area (Å²) in [6, 6.07) is 9.34. The first-order valence-corrected chi connectivity index (χ1v) is 6.68. The molecule has 1 fully saturated rings. The Morgan fingerprint density at radius 2 is 2.00 bits per heavy atom. The molecule has 1 aromatic carbocycles. The number of rotatable bonds is 4. The van der Waals surface area contributed by atoms with Gasteiger partial charge < -0.3 is 5.32 Å². The monoisotopic (exact) mass is 241 g/mol. The van der Waals surface area contributed by atoms with Gasteiger partial charge in [0.25, 0.3) is 0 Å². The predicted octanol–water partition coefficient (Wildman–Crippen LogP) is 3.52. The van der Waals surface area contributed by atoms with Crippen LogP contribution in [0.4, 0.5) is 5.82 Å². The largest absolute Gasteiger partial charge is 0.366 e. The number of benzene rings is 1. The molecule has 0 bridgehead atoms. The molecule has 94 valence electrons. The lowest BCUT2D eigenvalue weighted by molar-refractivity contribution is 1.05. The van der Waals surface area contributed by atoms with Crippen LogP contribution in [0.3, 0.4) is 0 Å². The Morgan fingerprint density at radius 1 is 1.28 bits per heavy atom. The Kier molecular flexibility index (Phi) is 2.82. The predicted molar refractivity (Wildman–Crippen MR) is 74.8 cm³/mol. The summed E-state index contributed by atoms with van der Waals surface area (Å²) in [5.41, 5.74) is 4.92. The number of H-pyrrole nitrogens is 1. The molecule has 2 aromatic rings. The fourth-order valence-electron chi connectivity index (χ4n) is 2.15. The van der Waals surface area contributed by atoms with Gasteiger partial charge in [0.2, 0.25) is 0 Å². The molecular formula is C15H19N3. The first-order valence-electron chi connectivity index (χ1n) is 6.68. The highest BCUT2D eigenvalue weighted by Gasteiger charge is 2.23. The molecule has 2 N–H and O–H groups in total. The van der Waals surface area contributed by atoms with Gasteiger partial charge in [0.15, 0.2) is 5.82 Å². The van der Waals surface area contributed by atoms with E-state index in [-0.39, 0.29) is 0 Å². The average molecular weight is 241 g/mol. The second-order valence-corrected chi connectivity index (χ2v) is 5.04. The molecule has 3 nitrogen and oxygen atoms in total. The van der Waals surface area contributed by atoms with E-state index in [0.717, 1.165) is 17.9 Å². The molecule has 3 heteroatoms. The summed E-state index contributed by atoms with van der Waals surface area (Å²) in [5.74, 6) is 1.01. The third kappa shape index (κ3) is 2.13. The number of aromatic nitrogens is 2. The first-order chi connectivity index (χ1) is 8.78. The Hall–Kier alpha value is -1.77. The van der Waals surface area contributed by atoms with E-state index in [2.05, 4.69) is 53.6 Å². The van der Waals surface area contributed by atoms with Gasteiger partial charge in [-0.3, -0.25) is 5.10 Å². The van der Waals surface area contributed by atoms with Gasteiger partial charge in [-0.2, -0.15) is 5.10 Å². The highest BCUT2D eigenvalue weighted by Crippen LogP contribution is 2.30. The van der Waals surface area contributed by atoms with Crippen LogP contribution in [-0.2, 0) is 6.42 Å². The number of nitrogens with one attached hydrogen (secondary N) is 2. The quantitative estimate of drug-likeness (QED) is 0.859. The van der Waals surface area contributed by atoms with Crippen LogP contribution in [-0.4, -0.2) is 16.2 Å². The van der Waals surface area contributed by atoms with Gasteiger partial charge in [-0.05, 0) is 37.3 Å². The van der Waals surface area contributed by atoms with Gasteiger partial charge in [-0.1, -0.05) is 31.2 Å². The number of aryl methyl sites for hydroxylation is 1. The van der Waals surface area contributed by atoms with Crippen LogP contribution < -0.4 is 5.32 Å². The van der Waals surface area contributed by atoms with Gasteiger partial charge in [-0.15, -0.1) is 0 Å². The van der Waals surface area contributed by atoms with Crippen LogP contribution in [0.1, 0.15) is 30.9 Å². The molecule has 3 rings (SSSR count). The molecule has 18 heavy (non-hydrogen) atoms. The Labute approximate surface area is 108 Å². The van der Waals surface area contributed by atoms with E-state index in [1.807, 2.05) is 0 Å². The highest BCUT2D eigenvalue weighted by molar-refractivity contribution is 5.68. The SMILES string of the molecule is CCc1ccc(-c2[nH]nc(NC3CC3)c2C)cc1. The zero-order chi connectivity index (χ0) is 12.5. The first kappa shape index (κ1) is 11.3. The fourth-order valence-corrected chi connectivity index (χ4v) is 2.15. The molecule has 0 unspecified atom stereocenters. The van der Waals surface area contributed by atoms with Crippen molar-refractivity contribution < 1.29 is 0 Å². The number of nitrogens with zero attached hydrogens (tertiary/aromatic N) is 1. The third-order valence-corrected chi connectivity index (χ3v) is 3.58. The van der Waals surface area contributed by atoms with E-state index >= 15 is 0 Å². The van der Waals surface area contributed by atoms with Crippen LogP contribution in [0.25, 0.3) is 11.3 Å². The van der Waals surface area contributed by atoms with Gasteiger partial charge in [0.1, 0.15) is 0 Å². The van der Waals surface area contributed by atoms with Crippen LogP contribution in [0.5, 0.6) is 0 Å². The lowest BCUT2D eigenvalue weighted by Crippen LogP contribution is -2.02. The molecule has 0 saturated heterocycles. The summed E-state index contributed by atoms with van der Waals surface area (Å²) in [6.07, 6.45) is 3.62. The zero-order valence-electron chi connectivity index (χ0n) is 11.0. The second kappa shape index (κ2) is 4.48. The summed E-state index contributed by atoms with van der Waals surface area (Å²) in [4.78, 5) is 0. The van der Waals surface area contributed by atoms with Crippen LogP contribution >= 0.6 is 0 Å². The van der Waals surface area contributed by atoms with E-state index in [9.17, 15) is 0 Å². The van der Waals surface area contributed by atoms with Crippen LogP contribution in [0.15, 0.2) is 24.3 Å². The van der Waals surface area contributed by atoms with Crippen LogP contribution in [0.2, 0.25) is 0 Å². The van der Waals surface area contributed by atoms with Gasteiger partial charge in [0.05, 0.1) is 5.69 Å². The molecular weight excluding hydrogens is 222 g/mol. The molecule has 0 radical (unpaired) electrons. The van der Waals surface area contributed by atoms with Crippen molar-refractivity contribution in [2.24, 2.45) is 0 Å². The minimum Gasteiger partial charge on any atom is -0.366 e. The highest BCUT2D eigenvalue weighted by atomic mass is 15.2. The maximum Gasteiger partial charge on any atom is 0.151 e. The Morgan fingerprint density at radius 3 is 2.61 bits per heavy atom. The maximum absolute atomic E-state index is 4.38. The molecule has 1 aliphatic carbocycles. The third-order valence-electron chi connectivity index (χ3n) is 3.58. The van der Waals surface area contributed by atoms with Gasteiger partial charge in [0, 0.05) is 11.6 Å². The minimum atomic E-state index is 0.641. The second-order valence-electron chi connectivity index (χ2n) is 5.04. The summed E-state index contributed by atoms with van der Waals surface area (Å²) in [7, 11) is 0. The lowest BCUT2D eigenvalue weighted by atomic mass is 10.1. The van der Waals surface area contributed by atoms with Gasteiger partial charge >= 0.3 is 0 Å². The van der Waals surface area contributed by atoms with Crippen molar-refractivity contribution in [3.05, 3.63) is 35.4 Å². The average Bonchev–Trinajstić information content (AvgIpc) is 3.15. The number of hydrogen-bond donors (Lipinski definition) is 2. The van der Waals surface area contributed by atoms with Crippen molar-refractivity contribution in [1.29, 1.82) is 0 Å². The van der Waals surface area contributed by atoms with E-state index in [0.29, 0.717) is 6.04 Å². The molecule has 0 spiro atoms. The fraction of sp³-hybridized carbons (Fsp3) is 0.400. The molecule has 1 heterocycles. The minimum absolute atomic E-state index is 0.641. The Balaban J connectivity index is 1.87. The van der Waals surface area contributed by atoms with Crippen molar-refractivity contribution in [3.8, 4) is 11.3 Å². The molecule has 1 aromatic heterocycles. The smallest absolute Gasteiger partial charge is 0.151 e. The Bertz CT molecular complexity index is 535. The standard InChI is InChI=1S/C15H19N3/c1-3-11-4-6-12(7-5-11)14-10(2)15(18-17-14)16-13-8-9-13/h4-7,13H,3,8-9H2,1-2H3,(H2,16,17,18). The molecule has 0 amide bonds. The van der Waals surface area contributed by atoms with Gasteiger partial charge in [-0.25, -0.2) is 0 Å². The van der Waals surface area contributed by atoms with Crippen molar-refractivity contribution in [1.82, 2.24) is 10.2 Å². The van der Waals surface area contributed by atoms with E-state index < -0.39 is 0 Å². The zero-order valence-corrected chi connectivity index (χ0v) is 11.0. The maximum atomic E-state index is 4.38. The van der Waals surface area contributed by atoms with Crippen molar-refractivity contribution >= 4 is 5.82 Å². The number of hydrogen-bond acceptors (Lipinski definition) is 2. The topological polar surface area (TPSA) is 40.7 Å². The number of aromatic amines is 1. The van der Waals surface area contributed by atoms with Crippen molar-refractivity contribution in [3.63, 3.8) is 0 Å². The molecule has 0 aliphatic heterocycles. The lowest BCUT2D eigenvalue weighted by Gasteiger charge is -2.03. The molecule has 1 saturated carbocycles. The number of anilines is 1. The van der Waals surface area contributed by atoms with E-state index in [1.54, 1.807) is 0 Å². The molecule has 1 aliphatic rings. The van der Waals surface area contributed by atoms with E-state index in [1.165, 1.54) is 29.5 Å². The summed E-state index contributed by atoms with van der Waals surface area (Å²) < 4.78 is 0. The molecule has 0 atom stereocenters. The summed E-state index contributed by atoms with van der Waals surface area (Å²) >= 11 is 0. The summed E-state index contributed by atoms with van der Waals surface area (Å²) in [6.45, 7) is 4.30. The van der Waals surface area contributed by atoms with E-state index in [4.69, 9.17) is 0 Å². The van der Waals surface area contributed by atoms with Crippen molar-refractivity contribution in [2.75, 3.05) is 5.32 Å².